The van der Waals surface area contributed by atoms with Gasteiger partial charge in [0.25, 0.3) is 0 Å². The molecule has 67 heavy (non-hydrogen) atoms. The third kappa shape index (κ3) is 34.0. The molecule has 0 heterocycles. The summed E-state index contributed by atoms with van der Waals surface area (Å²) in [7, 11) is -5.15. The molecule has 1 rings (SSSR count). The molecule has 0 aromatic carbocycles. The van der Waals surface area contributed by atoms with Crippen LogP contribution in [0.1, 0.15) is 168 Å². The number of carbonyl (C=O) groups excluding carboxylic acids is 2. The fraction of sp³-hybridized carbons (Fsp3) is 0.692. The predicted octanol–water partition coefficient (Wildman–Crippen LogP) is 9.42. The Morgan fingerprint density at radius 3 is 1.42 bits per heavy atom. The molecule has 14 nitrogen and oxygen atoms in total. The molecular formula is C52H87O14P. The van der Waals surface area contributed by atoms with Crippen molar-refractivity contribution in [3.05, 3.63) is 85.1 Å². The van der Waals surface area contributed by atoms with E-state index >= 15 is 0 Å². The zero-order valence-corrected chi connectivity index (χ0v) is 41.4. The van der Waals surface area contributed by atoms with Crippen molar-refractivity contribution in [2.24, 2.45) is 0 Å². The first-order valence-corrected chi connectivity index (χ1v) is 26.4. The van der Waals surface area contributed by atoms with Gasteiger partial charge in [-0.05, 0) is 103 Å². The van der Waals surface area contributed by atoms with E-state index in [0.29, 0.717) is 19.3 Å². The molecule has 1 aliphatic carbocycles. The number of phosphoric acid groups is 1. The zero-order chi connectivity index (χ0) is 49.4. The van der Waals surface area contributed by atoms with Gasteiger partial charge in [0.2, 0.25) is 0 Å². The van der Waals surface area contributed by atoms with Gasteiger partial charge >= 0.3 is 19.8 Å². The van der Waals surface area contributed by atoms with Crippen LogP contribution in [0.2, 0.25) is 0 Å². The lowest BCUT2D eigenvalue weighted by Gasteiger charge is -2.41. The molecule has 0 bridgehead atoms. The number of rotatable bonds is 40. The highest BCUT2D eigenvalue weighted by Gasteiger charge is 2.51. The molecule has 0 aromatic heterocycles. The minimum atomic E-state index is -5.15. The Kier molecular flexibility index (Phi) is 37.8. The van der Waals surface area contributed by atoms with Crippen LogP contribution in [-0.2, 0) is 32.7 Å². The molecule has 0 radical (unpaired) electrons. The molecule has 15 heteroatoms. The molecule has 0 saturated heterocycles. The highest BCUT2D eigenvalue weighted by molar-refractivity contribution is 7.47. The van der Waals surface area contributed by atoms with Crippen LogP contribution >= 0.6 is 7.82 Å². The summed E-state index contributed by atoms with van der Waals surface area (Å²) in [5.41, 5.74) is 0. The van der Waals surface area contributed by atoms with Crippen LogP contribution in [0.5, 0.6) is 0 Å². The van der Waals surface area contributed by atoms with E-state index in [2.05, 4.69) is 79.8 Å². The molecule has 384 valence electrons. The average molecular weight is 967 g/mol. The molecule has 9 atom stereocenters. The van der Waals surface area contributed by atoms with Crippen molar-refractivity contribution in [2.75, 3.05) is 13.2 Å². The Bertz CT molecular complexity index is 1510. The normalized spacial score (nSPS) is 22.3. The first-order chi connectivity index (χ1) is 32.3. The van der Waals surface area contributed by atoms with Crippen molar-refractivity contribution < 1.29 is 68.2 Å². The van der Waals surface area contributed by atoms with Crippen molar-refractivity contribution in [3.8, 4) is 0 Å². The van der Waals surface area contributed by atoms with Crippen molar-refractivity contribution in [3.63, 3.8) is 0 Å². The van der Waals surface area contributed by atoms with E-state index in [1.54, 1.807) is 6.92 Å². The monoisotopic (exact) mass is 967 g/mol. The van der Waals surface area contributed by atoms with Gasteiger partial charge in [-0.15, -0.1) is 0 Å². The first kappa shape index (κ1) is 62.0. The first-order valence-electron chi connectivity index (χ1n) is 24.9. The quantitative estimate of drug-likeness (QED) is 0.0131. The largest absolute Gasteiger partial charge is 0.472 e. The van der Waals surface area contributed by atoms with Gasteiger partial charge in [-0.1, -0.05) is 137 Å². The van der Waals surface area contributed by atoms with Gasteiger partial charge in [0.05, 0.1) is 12.7 Å². The van der Waals surface area contributed by atoms with Crippen LogP contribution in [0.4, 0.5) is 0 Å². The number of hydrogen-bond donors (Lipinski definition) is 7. The molecule has 3 unspecified atom stereocenters. The van der Waals surface area contributed by atoms with E-state index in [1.807, 2.05) is 12.2 Å². The topological polar surface area (TPSA) is 230 Å². The number of ether oxygens (including phenoxy) is 2. The van der Waals surface area contributed by atoms with E-state index in [0.717, 1.165) is 89.9 Å². The Morgan fingerprint density at radius 2 is 0.925 bits per heavy atom. The second-order valence-corrected chi connectivity index (χ2v) is 18.6. The van der Waals surface area contributed by atoms with Crippen molar-refractivity contribution in [1.82, 2.24) is 0 Å². The molecule has 0 spiro atoms. The van der Waals surface area contributed by atoms with E-state index in [9.17, 15) is 49.7 Å². The van der Waals surface area contributed by atoms with E-state index in [4.69, 9.17) is 18.5 Å². The van der Waals surface area contributed by atoms with Crippen LogP contribution in [0.3, 0.4) is 0 Å². The number of aliphatic hydroxyl groups is 6. The summed E-state index contributed by atoms with van der Waals surface area (Å²) in [5.74, 6) is -1.20. The van der Waals surface area contributed by atoms with Gasteiger partial charge in [0.1, 0.15) is 43.2 Å². The van der Waals surface area contributed by atoms with E-state index < -0.39 is 75.7 Å². The molecular weight excluding hydrogens is 880 g/mol. The van der Waals surface area contributed by atoms with Gasteiger partial charge in [0.15, 0.2) is 6.10 Å². The second-order valence-electron chi connectivity index (χ2n) is 17.2. The summed E-state index contributed by atoms with van der Waals surface area (Å²) in [5, 5.41) is 59.5. The zero-order valence-electron chi connectivity index (χ0n) is 40.5. The van der Waals surface area contributed by atoms with Crippen LogP contribution < -0.4 is 0 Å². The number of aliphatic hydroxyl groups excluding tert-OH is 6. The van der Waals surface area contributed by atoms with Crippen LogP contribution in [0.15, 0.2) is 85.1 Å². The number of hydrogen-bond acceptors (Lipinski definition) is 13. The Morgan fingerprint density at radius 1 is 0.522 bits per heavy atom. The predicted molar refractivity (Wildman–Crippen MR) is 264 cm³/mol. The smallest absolute Gasteiger partial charge is 0.462 e. The maximum absolute atomic E-state index is 12.8. The summed E-state index contributed by atoms with van der Waals surface area (Å²) in [6.45, 7) is 2.78. The number of esters is 2. The number of carbonyl (C=O) groups is 2. The van der Waals surface area contributed by atoms with Crippen LogP contribution in [0.25, 0.3) is 0 Å². The van der Waals surface area contributed by atoms with Crippen LogP contribution in [-0.4, -0.2) is 110 Å². The van der Waals surface area contributed by atoms with Crippen molar-refractivity contribution >= 4 is 19.8 Å². The van der Waals surface area contributed by atoms with E-state index in [1.165, 1.54) is 32.1 Å². The summed E-state index contributed by atoms with van der Waals surface area (Å²) < 4.78 is 33.5. The lowest BCUT2D eigenvalue weighted by atomic mass is 9.85. The molecule has 0 aromatic rings. The van der Waals surface area contributed by atoms with Gasteiger partial charge in [-0.3, -0.25) is 18.6 Å². The molecule has 0 aliphatic heterocycles. The van der Waals surface area contributed by atoms with Crippen molar-refractivity contribution in [1.29, 1.82) is 0 Å². The Labute approximate surface area is 401 Å². The minimum Gasteiger partial charge on any atom is -0.462 e. The molecule has 1 saturated carbocycles. The lowest BCUT2D eigenvalue weighted by molar-refractivity contribution is -0.220. The average Bonchev–Trinajstić information content (AvgIpc) is 3.30. The van der Waals surface area contributed by atoms with Crippen molar-refractivity contribution in [2.45, 2.75) is 217 Å². The maximum Gasteiger partial charge on any atom is 0.472 e. The highest BCUT2D eigenvalue weighted by atomic mass is 31.2. The summed E-state index contributed by atoms with van der Waals surface area (Å²) in [6, 6.07) is 0. The van der Waals surface area contributed by atoms with Crippen LogP contribution in [0, 0.1) is 0 Å². The fourth-order valence-electron chi connectivity index (χ4n) is 6.95. The standard InChI is InChI=1S/C52H87O14P/c1-3-4-5-6-7-8-9-10-11-12-13-14-15-18-21-24-27-30-33-36-39-45(54)63-41-44(42-64-67(61,62)66-52-50(59)48(57)47(56)49(58)51(52)60)65-46(55)40-37-34-31-28-25-22-19-16-17-20-23-26-29-32-35-38-43(2)53/h8-9,11-12,14-15,17,19-20,22,26,28-29,31,43-44,47-53,56-60H,3-7,10,13,16,18,21,23-25,27,30,32-42H2,1-2H3,(H,61,62)/b9-8-,12-11-,15-14-,20-17-,22-19-,29-26-,31-28-/t43-,44+,47?,48-,49+,50+,51+,52?/m0/s1. The van der Waals surface area contributed by atoms with Gasteiger partial charge in [0, 0.05) is 12.8 Å². The van der Waals surface area contributed by atoms with Gasteiger partial charge in [-0.25, -0.2) is 4.57 Å². The highest BCUT2D eigenvalue weighted by Crippen LogP contribution is 2.47. The maximum atomic E-state index is 12.8. The SMILES string of the molecule is CCCCCC/C=C\C/C=C\C/C=C\CCCCCCCCC(=O)OC[C@H](COP(=O)(O)OC1[C@H](O)[C@H](O)C(O)[C@H](O)[C@H]1O)OC(=O)CCC/C=C\C/C=C\C/C=C\C/C=C\CCC[C@H](C)O. The number of allylic oxidation sites excluding steroid dienone is 14. The van der Waals surface area contributed by atoms with E-state index in [-0.39, 0.29) is 18.9 Å². The molecule has 0 amide bonds. The lowest BCUT2D eigenvalue weighted by Crippen LogP contribution is -2.64. The third-order valence-corrected chi connectivity index (χ3v) is 12.0. The Balaban J connectivity index is 2.48. The third-order valence-electron chi connectivity index (χ3n) is 11.0. The summed E-state index contributed by atoms with van der Waals surface area (Å²) >= 11 is 0. The number of phosphoric ester groups is 1. The minimum absolute atomic E-state index is 0.00130. The summed E-state index contributed by atoms with van der Waals surface area (Å²) in [6.07, 6.45) is 37.6. The number of unbranched alkanes of at least 4 members (excludes halogenated alkanes) is 12. The summed E-state index contributed by atoms with van der Waals surface area (Å²) in [4.78, 5) is 35.8. The van der Waals surface area contributed by atoms with Gasteiger partial charge < -0.3 is 45.0 Å². The molecule has 7 N–H and O–H groups in total. The van der Waals surface area contributed by atoms with Gasteiger partial charge in [-0.2, -0.15) is 0 Å². The second kappa shape index (κ2) is 40.8. The molecule has 1 fully saturated rings. The molecule has 1 aliphatic rings. The fourth-order valence-corrected chi connectivity index (χ4v) is 7.92. The Hall–Kier alpha value is -3.01.